The Hall–Kier alpha value is -2.18. The fraction of sp³-hybridized carbons (Fsp3) is 0.368. The summed E-state index contributed by atoms with van der Waals surface area (Å²) < 4.78 is 5.81. The minimum absolute atomic E-state index is 0.00908. The second kappa shape index (κ2) is 6.98. The van der Waals surface area contributed by atoms with E-state index in [1.807, 2.05) is 52.7 Å². The Morgan fingerprint density at radius 3 is 2.80 bits per heavy atom. The lowest BCUT2D eigenvalue weighted by molar-refractivity contribution is -0.127. The van der Waals surface area contributed by atoms with Crippen LogP contribution in [0.3, 0.4) is 0 Å². The third-order valence-corrected chi connectivity index (χ3v) is 5.81. The van der Waals surface area contributed by atoms with Crippen LogP contribution in [0.2, 0.25) is 0 Å². The minimum atomic E-state index is -0.305. The first-order chi connectivity index (χ1) is 12.2. The highest BCUT2D eigenvalue weighted by molar-refractivity contribution is 7.09. The zero-order chi connectivity index (χ0) is 17.2. The van der Waals surface area contributed by atoms with Gasteiger partial charge in [0.1, 0.15) is 0 Å². The number of carbonyl (C=O) groups excluding carboxylic acids is 2. The molecule has 130 valence electrons. The largest absolute Gasteiger partial charge is 0.375 e. The zero-order valence-electron chi connectivity index (χ0n) is 13.8. The SMILES string of the molecule is O=C(NCc1cccs1)[C@@H]1CN(C(=O)c2ccccc2)[C@@H]2CCO[C@@H]21. The summed E-state index contributed by atoms with van der Waals surface area (Å²) in [6, 6.07) is 13.2. The lowest BCUT2D eigenvalue weighted by atomic mass is 10.0. The average Bonchev–Trinajstić information content (AvgIpc) is 3.37. The van der Waals surface area contributed by atoms with Gasteiger partial charge in [-0.25, -0.2) is 0 Å². The van der Waals surface area contributed by atoms with Gasteiger partial charge in [-0.05, 0) is 30.0 Å². The summed E-state index contributed by atoms with van der Waals surface area (Å²) in [5.41, 5.74) is 0.660. The molecule has 0 saturated carbocycles. The molecule has 2 saturated heterocycles. The van der Waals surface area contributed by atoms with E-state index in [-0.39, 0.29) is 29.9 Å². The van der Waals surface area contributed by atoms with Crippen molar-refractivity contribution in [2.24, 2.45) is 5.92 Å². The second-order valence-electron chi connectivity index (χ2n) is 6.42. The van der Waals surface area contributed by atoms with Crippen molar-refractivity contribution in [1.82, 2.24) is 10.2 Å². The van der Waals surface area contributed by atoms with Crippen LogP contribution < -0.4 is 5.32 Å². The fourth-order valence-electron chi connectivity index (χ4n) is 3.70. The Morgan fingerprint density at radius 2 is 2.04 bits per heavy atom. The molecule has 0 unspecified atom stereocenters. The number of hydrogen-bond acceptors (Lipinski definition) is 4. The maximum absolute atomic E-state index is 12.8. The van der Waals surface area contributed by atoms with Crippen molar-refractivity contribution in [3.63, 3.8) is 0 Å². The molecular formula is C19H20N2O3S. The molecule has 25 heavy (non-hydrogen) atoms. The summed E-state index contributed by atoms with van der Waals surface area (Å²) in [7, 11) is 0. The molecular weight excluding hydrogens is 336 g/mol. The topological polar surface area (TPSA) is 58.6 Å². The number of thiophene rings is 1. The quantitative estimate of drug-likeness (QED) is 0.914. The zero-order valence-corrected chi connectivity index (χ0v) is 14.6. The molecule has 5 nitrogen and oxygen atoms in total. The lowest BCUT2D eigenvalue weighted by Crippen LogP contribution is -2.37. The summed E-state index contributed by atoms with van der Waals surface area (Å²) >= 11 is 1.62. The van der Waals surface area contributed by atoms with Gasteiger partial charge in [-0.15, -0.1) is 11.3 Å². The Morgan fingerprint density at radius 1 is 1.20 bits per heavy atom. The normalized spacial score (nSPS) is 25.0. The number of likely N-dealkylation sites (tertiary alicyclic amines) is 1. The van der Waals surface area contributed by atoms with E-state index >= 15 is 0 Å². The van der Waals surface area contributed by atoms with E-state index in [1.54, 1.807) is 11.3 Å². The monoisotopic (exact) mass is 356 g/mol. The molecule has 4 rings (SSSR count). The van der Waals surface area contributed by atoms with Crippen LogP contribution in [-0.4, -0.2) is 42.0 Å². The van der Waals surface area contributed by atoms with Crippen LogP contribution in [0, 0.1) is 5.92 Å². The molecule has 2 amide bonds. The van der Waals surface area contributed by atoms with Crippen LogP contribution in [0.15, 0.2) is 47.8 Å². The van der Waals surface area contributed by atoms with Crippen molar-refractivity contribution in [1.29, 1.82) is 0 Å². The summed E-state index contributed by atoms with van der Waals surface area (Å²) in [4.78, 5) is 28.4. The van der Waals surface area contributed by atoms with Gasteiger partial charge in [0.2, 0.25) is 5.91 Å². The Kier molecular flexibility index (Phi) is 4.55. The number of hydrogen-bond donors (Lipinski definition) is 1. The number of ether oxygens (including phenoxy) is 1. The van der Waals surface area contributed by atoms with E-state index in [1.165, 1.54) is 0 Å². The molecule has 3 heterocycles. The molecule has 2 aromatic rings. The molecule has 1 aromatic heterocycles. The van der Waals surface area contributed by atoms with Crippen molar-refractivity contribution in [2.45, 2.75) is 25.1 Å². The van der Waals surface area contributed by atoms with Gasteiger partial charge in [0.05, 0.1) is 24.6 Å². The van der Waals surface area contributed by atoms with E-state index in [0.717, 1.165) is 11.3 Å². The molecule has 0 bridgehead atoms. The smallest absolute Gasteiger partial charge is 0.254 e. The Labute approximate surface area is 150 Å². The minimum Gasteiger partial charge on any atom is -0.375 e. The first kappa shape index (κ1) is 16.3. The van der Waals surface area contributed by atoms with E-state index in [9.17, 15) is 9.59 Å². The van der Waals surface area contributed by atoms with Crippen molar-refractivity contribution in [3.05, 3.63) is 58.3 Å². The van der Waals surface area contributed by atoms with Crippen molar-refractivity contribution in [2.75, 3.05) is 13.2 Å². The standard InChI is InChI=1S/C19H20N2O3S/c22-18(20-11-14-7-4-10-25-14)15-12-21(16-8-9-24-17(15)16)19(23)13-5-2-1-3-6-13/h1-7,10,15-17H,8-9,11-12H2,(H,20,22)/t15-,16-,17-/m1/s1. The number of nitrogens with one attached hydrogen (secondary N) is 1. The third kappa shape index (κ3) is 3.19. The van der Waals surface area contributed by atoms with Crippen LogP contribution in [0.5, 0.6) is 0 Å². The number of benzene rings is 1. The molecule has 0 radical (unpaired) electrons. The number of nitrogens with zero attached hydrogens (tertiary/aromatic N) is 1. The summed E-state index contributed by atoms with van der Waals surface area (Å²) in [5.74, 6) is -0.358. The molecule has 1 N–H and O–H groups in total. The first-order valence-corrected chi connectivity index (χ1v) is 9.40. The maximum Gasteiger partial charge on any atom is 0.254 e. The molecule has 2 fully saturated rings. The fourth-order valence-corrected chi connectivity index (χ4v) is 4.34. The van der Waals surface area contributed by atoms with Crippen molar-refractivity contribution >= 4 is 23.2 Å². The molecule has 2 aliphatic rings. The van der Waals surface area contributed by atoms with Gasteiger partial charge in [0, 0.05) is 23.6 Å². The number of carbonyl (C=O) groups is 2. The predicted molar refractivity (Wildman–Crippen MR) is 95.3 cm³/mol. The highest BCUT2D eigenvalue weighted by Gasteiger charge is 2.50. The van der Waals surface area contributed by atoms with Crippen molar-refractivity contribution < 1.29 is 14.3 Å². The predicted octanol–water partition coefficient (Wildman–Crippen LogP) is 2.29. The van der Waals surface area contributed by atoms with Crippen LogP contribution in [-0.2, 0) is 16.1 Å². The summed E-state index contributed by atoms with van der Waals surface area (Å²) in [6.45, 7) is 1.54. The van der Waals surface area contributed by atoms with Gasteiger partial charge < -0.3 is 15.0 Å². The molecule has 0 spiro atoms. The summed E-state index contributed by atoms with van der Waals surface area (Å²) in [5, 5.41) is 4.99. The molecule has 2 aliphatic heterocycles. The highest BCUT2D eigenvalue weighted by Crippen LogP contribution is 2.34. The lowest BCUT2D eigenvalue weighted by Gasteiger charge is -2.22. The molecule has 3 atom stereocenters. The van der Waals surface area contributed by atoms with Crippen LogP contribution in [0.25, 0.3) is 0 Å². The van der Waals surface area contributed by atoms with Gasteiger partial charge in [-0.2, -0.15) is 0 Å². The van der Waals surface area contributed by atoms with Crippen LogP contribution >= 0.6 is 11.3 Å². The van der Waals surface area contributed by atoms with E-state index in [0.29, 0.717) is 25.3 Å². The second-order valence-corrected chi connectivity index (χ2v) is 7.45. The van der Waals surface area contributed by atoms with E-state index in [2.05, 4.69) is 5.32 Å². The maximum atomic E-state index is 12.8. The molecule has 6 heteroatoms. The van der Waals surface area contributed by atoms with Gasteiger partial charge in [-0.1, -0.05) is 24.3 Å². The first-order valence-electron chi connectivity index (χ1n) is 8.52. The van der Waals surface area contributed by atoms with Crippen LogP contribution in [0.1, 0.15) is 21.7 Å². The van der Waals surface area contributed by atoms with E-state index < -0.39 is 0 Å². The van der Waals surface area contributed by atoms with Crippen molar-refractivity contribution in [3.8, 4) is 0 Å². The van der Waals surface area contributed by atoms with Gasteiger partial charge in [0.15, 0.2) is 0 Å². The van der Waals surface area contributed by atoms with E-state index in [4.69, 9.17) is 4.74 Å². The van der Waals surface area contributed by atoms with Gasteiger partial charge >= 0.3 is 0 Å². The highest BCUT2D eigenvalue weighted by atomic mass is 32.1. The summed E-state index contributed by atoms with van der Waals surface area (Å²) in [6.07, 6.45) is 0.591. The number of amides is 2. The number of rotatable bonds is 4. The van der Waals surface area contributed by atoms with Crippen LogP contribution in [0.4, 0.5) is 0 Å². The third-order valence-electron chi connectivity index (χ3n) is 4.93. The number of fused-ring (bicyclic) bond motifs is 1. The Bertz CT molecular complexity index is 747. The Balaban J connectivity index is 1.47. The molecule has 0 aliphatic carbocycles. The van der Waals surface area contributed by atoms with Gasteiger partial charge in [0.25, 0.3) is 5.91 Å². The molecule has 1 aromatic carbocycles. The van der Waals surface area contributed by atoms with Gasteiger partial charge in [-0.3, -0.25) is 9.59 Å². The average molecular weight is 356 g/mol.